The third-order valence-corrected chi connectivity index (χ3v) is 3.65. The number of carboxylic acids is 1. The van der Waals surface area contributed by atoms with Gasteiger partial charge in [0.2, 0.25) is 5.91 Å². The van der Waals surface area contributed by atoms with E-state index in [9.17, 15) is 9.59 Å². The molecule has 2 N–H and O–H groups in total. The number of hydrogen-bond donors (Lipinski definition) is 2. The predicted octanol–water partition coefficient (Wildman–Crippen LogP) is 3.20. The molecule has 7 heteroatoms. The first-order valence-electron chi connectivity index (χ1n) is 6.11. The van der Waals surface area contributed by atoms with E-state index in [-0.39, 0.29) is 39.7 Å². The van der Waals surface area contributed by atoms with E-state index in [1.165, 1.54) is 12.1 Å². The molecular weight excluding hydrogens is 305 g/mol. The van der Waals surface area contributed by atoms with Gasteiger partial charge in [-0.25, -0.2) is 4.79 Å². The number of rotatable bonds is 4. The van der Waals surface area contributed by atoms with E-state index in [0.717, 1.165) is 12.8 Å². The number of carboxylic acid groups (broad SMARTS) is 1. The Balaban J connectivity index is 2.17. The number of ether oxygens (including phenoxy) is 1. The molecular formula is C13H13Cl2NO4. The average Bonchev–Trinajstić information content (AvgIpc) is 2.86. The maximum absolute atomic E-state index is 11.9. The van der Waals surface area contributed by atoms with Crippen LogP contribution in [-0.2, 0) is 9.53 Å². The molecule has 2 rings (SSSR count). The van der Waals surface area contributed by atoms with Gasteiger partial charge in [0.1, 0.15) is 5.56 Å². The fourth-order valence-electron chi connectivity index (χ4n) is 2.09. The summed E-state index contributed by atoms with van der Waals surface area (Å²) in [7, 11) is 0. The number of halogens is 2. The number of benzene rings is 1. The summed E-state index contributed by atoms with van der Waals surface area (Å²) in [6, 6.07) is 2.82. The van der Waals surface area contributed by atoms with Crippen molar-refractivity contribution < 1.29 is 19.4 Å². The van der Waals surface area contributed by atoms with E-state index in [2.05, 4.69) is 5.32 Å². The van der Waals surface area contributed by atoms with Crippen LogP contribution in [-0.4, -0.2) is 29.7 Å². The van der Waals surface area contributed by atoms with E-state index in [0.29, 0.717) is 6.61 Å². The van der Waals surface area contributed by atoms with Gasteiger partial charge in [-0.15, -0.1) is 0 Å². The van der Waals surface area contributed by atoms with Crippen LogP contribution in [0.15, 0.2) is 12.1 Å². The Hall–Kier alpha value is -1.30. The lowest BCUT2D eigenvalue weighted by Gasteiger charge is -2.13. The first-order valence-corrected chi connectivity index (χ1v) is 6.87. The Morgan fingerprint density at radius 1 is 1.35 bits per heavy atom. The Morgan fingerprint density at radius 3 is 2.65 bits per heavy atom. The van der Waals surface area contributed by atoms with Crippen molar-refractivity contribution in [1.82, 2.24) is 0 Å². The molecule has 1 aliphatic rings. The monoisotopic (exact) mass is 317 g/mol. The number of carbonyl (C=O) groups excluding carboxylic acids is 1. The second kappa shape index (κ2) is 6.43. The summed E-state index contributed by atoms with van der Waals surface area (Å²) in [4.78, 5) is 23.1. The summed E-state index contributed by atoms with van der Waals surface area (Å²) in [6.45, 7) is 0.649. The van der Waals surface area contributed by atoms with E-state index < -0.39 is 5.97 Å². The molecule has 0 aliphatic carbocycles. The van der Waals surface area contributed by atoms with Crippen LogP contribution in [0.2, 0.25) is 10.0 Å². The molecule has 108 valence electrons. The highest BCUT2D eigenvalue weighted by Crippen LogP contribution is 2.32. The second-order valence-corrected chi connectivity index (χ2v) is 5.29. The molecule has 0 radical (unpaired) electrons. The van der Waals surface area contributed by atoms with Crippen LogP contribution in [0.5, 0.6) is 0 Å². The maximum Gasteiger partial charge on any atom is 0.339 e. The molecule has 1 aromatic carbocycles. The number of aromatic carboxylic acids is 1. The van der Waals surface area contributed by atoms with E-state index in [1.54, 1.807) is 0 Å². The van der Waals surface area contributed by atoms with Crippen molar-refractivity contribution >= 4 is 40.8 Å². The molecule has 0 aromatic heterocycles. The summed E-state index contributed by atoms with van der Waals surface area (Å²) in [5.41, 5.74) is -0.186. The molecule has 1 saturated heterocycles. The average molecular weight is 318 g/mol. The van der Waals surface area contributed by atoms with E-state index in [1.807, 2.05) is 0 Å². The van der Waals surface area contributed by atoms with Gasteiger partial charge in [0.05, 0.1) is 28.3 Å². The van der Waals surface area contributed by atoms with Gasteiger partial charge in [0.15, 0.2) is 0 Å². The van der Waals surface area contributed by atoms with Gasteiger partial charge in [-0.2, -0.15) is 0 Å². The van der Waals surface area contributed by atoms with Crippen molar-refractivity contribution in [3.05, 3.63) is 27.7 Å². The number of anilines is 1. The minimum atomic E-state index is -1.25. The normalized spacial score (nSPS) is 18.0. The summed E-state index contributed by atoms with van der Waals surface area (Å²) < 4.78 is 5.36. The molecule has 20 heavy (non-hydrogen) atoms. The van der Waals surface area contributed by atoms with Gasteiger partial charge in [0.25, 0.3) is 0 Å². The molecule has 1 fully saturated rings. The van der Waals surface area contributed by atoms with Crippen molar-refractivity contribution in [2.24, 2.45) is 0 Å². The molecule has 1 heterocycles. The molecule has 0 spiro atoms. The second-order valence-electron chi connectivity index (χ2n) is 4.47. The van der Waals surface area contributed by atoms with Crippen LogP contribution in [0.25, 0.3) is 0 Å². The molecule has 1 aliphatic heterocycles. The number of nitrogens with one attached hydrogen (secondary N) is 1. The third-order valence-electron chi connectivity index (χ3n) is 3.02. The van der Waals surface area contributed by atoms with Gasteiger partial charge < -0.3 is 15.2 Å². The fraction of sp³-hybridized carbons (Fsp3) is 0.385. The largest absolute Gasteiger partial charge is 0.478 e. The third kappa shape index (κ3) is 3.42. The van der Waals surface area contributed by atoms with Crippen LogP contribution in [0.4, 0.5) is 5.69 Å². The van der Waals surface area contributed by atoms with Crippen LogP contribution in [0, 0.1) is 0 Å². The predicted molar refractivity (Wildman–Crippen MR) is 75.6 cm³/mol. The molecule has 0 bridgehead atoms. The Kier molecular flexibility index (Phi) is 4.86. The molecule has 5 nitrogen and oxygen atoms in total. The highest BCUT2D eigenvalue weighted by molar-refractivity contribution is 6.38. The number of hydrogen-bond acceptors (Lipinski definition) is 3. The van der Waals surface area contributed by atoms with E-state index >= 15 is 0 Å². The highest BCUT2D eigenvalue weighted by atomic mass is 35.5. The SMILES string of the molecule is O=C(CC1CCCO1)Nc1c(Cl)ccc(Cl)c1C(=O)O. The summed E-state index contributed by atoms with van der Waals surface area (Å²) in [6.07, 6.45) is 1.79. The van der Waals surface area contributed by atoms with E-state index in [4.69, 9.17) is 33.0 Å². The minimum Gasteiger partial charge on any atom is -0.478 e. The first-order chi connectivity index (χ1) is 9.49. The van der Waals surface area contributed by atoms with Crippen molar-refractivity contribution in [3.8, 4) is 0 Å². The minimum absolute atomic E-state index is 0.0225. The lowest BCUT2D eigenvalue weighted by molar-refractivity contribution is -0.118. The van der Waals surface area contributed by atoms with Gasteiger partial charge in [0, 0.05) is 6.61 Å². The Morgan fingerprint density at radius 2 is 2.05 bits per heavy atom. The van der Waals surface area contributed by atoms with Crippen LogP contribution >= 0.6 is 23.2 Å². The first kappa shape index (κ1) is 15.1. The zero-order valence-electron chi connectivity index (χ0n) is 10.5. The number of carbonyl (C=O) groups is 2. The van der Waals surface area contributed by atoms with Crippen molar-refractivity contribution in [2.45, 2.75) is 25.4 Å². The van der Waals surface area contributed by atoms with Gasteiger partial charge in [-0.3, -0.25) is 4.79 Å². The smallest absolute Gasteiger partial charge is 0.339 e. The Labute approximate surface area is 125 Å². The van der Waals surface area contributed by atoms with Crippen LogP contribution in [0.3, 0.4) is 0 Å². The van der Waals surface area contributed by atoms with Gasteiger partial charge in [-0.05, 0) is 25.0 Å². The van der Waals surface area contributed by atoms with Crippen molar-refractivity contribution in [2.75, 3.05) is 11.9 Å². The quantitative estimate of drug-likeness (QED) is 0.894. The lowest BCUT2D eigenvalue weighted by Crippen LogP contribution is -2.21. The summed E-state index contributed by atoms with van der Waals surface area (Å²) in [5.74, 6) is -1.59. The zero-order valence-corrected chi connectivity index (χ0v) is 12.0. The lowest BCUT2D eigenvalue weighted by atomic mass is 10.1. The molecule has 1 atom stereocenters. The van der Waals surface area contributed by atoms with Gasteiger partial charge in [-0.1, -0.05) is 23.2 Å². The topological polar surface area (TPSA) is 75.6 Å². The maximum atomic E-state index is 11.9. The van der Waals surface area contributed by atoms with Gasteiger partial charge >= 0.3 is 5.97 Å². The molecule has 1 unspecified atom stereocenters. The molecule has 0 saturated carbocycles. The standard InChI is InChI=1S/C13H13Cl2NO4/c14-8-3-4-9(15)12(11(8)13(18)19)16-10(17)6-7-2-1-5-20-7/h3-4,7H,1-2,5-6H2,(H,16,17)(H,18,19). The number of amides is 1. The summed E-state index contributed by atoms with van der Waals surface area (Å²) in [5, 5.41) is 11.8. The van der Waals surface area contributed by atoms with Crippen molar-refractivity contribution in [3.63, 3.8) is 0 Å². The molecule has 1 aromatic rings. The van der Waals surface area contributed by atoms with Crippen LogP contribution in [0.1, 0.15) is 29.6 Å². The molecule has 1 amide bonds. The zero-order chi connectivity index (χ0) is 14.7. The van der Waals surface area contributed by atoms with Crippen molar-refractivity contribution in [1.29, 1.82) is 0 Å². The highest BCUT2D eigenvalue weighted by Gasteiger charge is 2.23. The van der Waals surface area contributed by atoms with Crippen LogP contribution < -0.4 is 5.32 Å². The fourth-order valence-corrected chi connectivity index (χ4v) is 2.53. The Bertz CT molecular complexity index is 541. The summed E-state index contributed by atoms with van der Waals surface area (Å²) >= 11 is 11.8.